The molecule has 1 aliphatic heterocycles. The highest BCUT2D eigenvalue weighted by Crippen LogP contribution is 2.48. The Balaban J connectivity index is 1.63. The molecule has 0 spiro atoms. The van der Waals surface area contributed by atoms with E-state index in [2.05, 4.69) is 57.2 Å². The number of aliphatic hydroxyl groups is 1. The molecule has 5 rings (SSSR count). The molecule has 0 saturated heterocycles. The quantitative estimate of drug-likeness (QED) is 0.761. The number of aromatic nitrogens is 3. The molecule has 1 fully saturated rings. The van der Waals surface area contributed by atoms with Crippen molar-refractivity contribution in [1.82, 2.24) is 19.5 Å². The minimum atomic E-state index is -0.561. The molecule has 5 nitrogen and oxygen atoms in total. The number of hydrogen-bond acceptors (Lipinski definition) is 4. The lowest BCUT2D eigenvalue weighted by Gasteiger charge is -2.40. The number of likely N-dealkylation sites (N-methyl/N-ethyl adjacent to an activating group) is 1. The number of benzene rings is 1. The van der Waals surface area contributed by atoms with Crippen molar-refractivity contribution >= 4 is 11.2 Å². The van der Waals surface area contributed by atoms with E-state index in [9.17, 15) is 5.11 Å². The Labute approximate surface area is 164 Å². The lowest BCUT2D eigenvalue weighted by Crippen LogP contribution is -2.37. The van der Waals surface area contributed by atoms with Crippen molar-refractivity contribution in [1.29, 1.82) is 0 Å². The molecule has 0 amide bonds. The van der Waals surface area contributed by atoms with Gasteiger partial charge in [-0.15, -0.1) is 10.2 Å². The van der Waals surface area contributed by atoms with E-state index >= 15 is 0 Å². The van der Waals surface area contributed by atoms with Gasteiger partial charge in [0.25, 0.3) is 0 Å². The topological polar surface area (TPSA) is 53.7 Å². The van der Waals surface area contributed by atoms with Crippen LogP contribution in [0.15, 0.2) is 66.5 Å². The first-order chi connectivity index (χ1) is 13.6. The second kappa shape index (κ2) is 6.31. The summed E-state index contributed by atoms with van der Waals surface area (Å²) in [5.74, 6) is 1.02. The maximum Gasteiger partial charge on any atom is 0.160 e. The molecule has 28 heavy (non-hydrogen) atoms. The summed E-state index contributed by atoms with van der Waals surface area (Å²) >= 11 is 0. The van der Waals surface area contributed by atoms with E-state index in [0.717, 1.165) is 41.0 Å². The van der Waals surface area contributed by atoms with Gasteiger partial charge in [-0.25, -0.2) is 0 Å². The number of nitrogens with zero attached hydrogens (tertiary/aromatic N) is 4. The molecule has 1 saturated carbocycles. The molecule has 0 bridgehead atoms. The van der Waals surface area contributed by atoms with Crippen LogP contribution < -0.4 is 0 Å². The van der Waals surface area contributed by atoms with Gasteiger partial charge in [0.2, 0.25) is 0 Å². The lowest BCUT2D eigenvalue weighted by molar-refractivity contribution is 0.0868. The zero-order valence-electron chi connectivity index (χ0n) is 16.2. The van der Waals surface area contributed by atoms with Gasteiger partial charge in [0, 0.05) is 19.4 Å². The Kier molecular flexibility index (Phi) is 3.88. The van der Waals surface area contributed by atoms with Crippen molar-refractivity contribution in [2.24, 2.45) is 0 Å². The van der Waals surface area contributed by atoms with E-state index < -0.39 is 6.23 Å². The minimum absolute atomic E-state index is 0.0566. The minimum Gasteiger partial charge on any atom is -0.370 e. The predicted octanol–water partition coefficient (Wildman–Crippen LogP) is 3.75. The summed E-state index contributed by atoms with van der Waals surface area (Å²) in [7, 11) is 1.89. The van der Waals surface area contributed by atoms with E-state index in [-0.39, 0.29) is 5.41 Å². The molecule has 0 radical (unpaired) electrons. The fraction of sp³-hybridized carbons (Fsp3) is 0.304. The monoisotopic (exact) mass is 372 g/mol. The molecular formula is C23H24N4O. The van der Waals surface area contributed by atoms with E-state index in [1.54, 1.807) is 0 Å². The standard InChI is InChI=1S/C23H24N4O/c1-16-13-18(14-26(2)21(16)28)17-9-10-20-24-25-22(27(20)15-17)23(11-6-12-23)19-7-4-3-5-8-19/h3-5,7-10,13-15,21,28H,6,11-12H2,1-2H3. The number of hydrogen-bond donors (Lipinski definition) is 1. The Morgan fingerprint density at radius 2 is 1.86 bits per heavy atom. The molecule has 1 unspecified atom stereocenters. The van der Waals surface area contributed by atoms with Crippen LogP contribution in [-0.2, 0) is 5.41 Å². The number of rotatable bonds is 3. The third-order valence-electron chi connectivity index (χ3n) is 6.22. The van der Waals surface area contributed by atoms with Crippen LogP contribution in [0.25, 0.3) is 11.2 Å². The van der Waals surface area contributed by atoms with Gasteiger partial charge >= 0.3 is 0 Å². The highest BCUT2D eigenvalue weighted by atomic mass is 16.3. The molecule has 2 aliphatic rings. The van der Waals surface area contributed by atoms with Crippen LogP contribution >= 0.6 is 0 Å². The summed E-state index contributed by atoms with van der Waals surface area (Å²) in [5, 5.41) is 19.2. The molecule has 5 heteroatoms. The van der Waals surface area contributed by atoms with E-state index in [1.807, 2.05) is 37.2 Å². The maximum atomic E-state index is 10.2. The Hall–Kier alpha value is -2.92. The second-order valence-electron chi connectivity index (χ2n) is 7.98. The summed E-state index contributed by atoms with van der Waals surface area (Å²) < 4.78 is 2.15. The predicted molar refractivity (Wildman–Crippen MR) is 110 cm³/mol. The van der Waals surface area contributed by atoms with Crippen LogP contribution in [0.1, 0.15) is 43.1 Å². The van der Waals surface area contributed by atoms with Crippen molar-refractivity contribution < 1.29 is 5.11 Å². The highest BCUT2D eigenvalue weighted by Gasteiger charge is 2.44. The fourth-order valence-electron chi connectivity index (χ4n) is 4.44. The number of pyridine rings is 1. The fourth-order valence-corrected chi connectivity index (χ4v) is 4.44. The second-order valence-corrected chi connectivity index (χ2v) is 7.98. The summed E-state index contributed by atoms with van der Waals surface area (Å²) in [5.41, 5.74) is 5.23. The number of fused-ring (bicyclic) bond motifs is 1. The first kappa shape index (κ1) is 17.2. The van der Waals surface area contributed by atoms with Gasteiger partial charge in [-0.1, -0.05) is 36.8 Å². The van der Waals surface area contributed by atoms with E-state index in [0.29, 0.717) is 0 Å². The van der Waals surface area contributed by atoms with Gasteiger partial charge in [-0.3, -0.25) is 4.40 Å². The summed E-state index contributed by atoms with van der Waals surface area (Å²) in [6.45, 7) is 1.95. The summed E-state index contributed by atoms with van der Waals surface area (Å²) in [6, 6.07) is 14.8. The van der Waals surface area contributed by atoms with Gasteiger partial charge in [0.05, 0.1) is 5.41 Å². The van der Waals surface area contributed by atoms with Gasteiger partial charge in [-0.2, -0.15) is 0 Å². The molecule has 1 atom stereocenters. The zero-order valence-corrected chi connectivity index (χ0v) is 16.2. The third-order valence-corrected chi connectivity index (χ3v) is 6.22. The van der Waals surface area contributed by atoms with Crippen molar-refractivity contribution in [2.75, 3.05) is 7.05 Å². The average molecular weight is 372 g/mol. The van der Waals surface area contributed by atoms with Crippen LogP contribution in [0.5, 0.6) is 0 Å². The molecule has 1 N–H and O–H groups in total. The molecule has 3 aromatic rings. The van der Waals surface area contributed by atoms with E-state index in [1.165, 1.54) is 12.0 Å². The first-order valence-electron chi connectivity index (χ1n) is 9.80. The van der Waals surface area contributed by atoms with Crippen molar-refractivity contribution in [3.8, 4) is 0 Å². The lowest BCUT2D eigenvalue weighted by atomic mass is 9.64. The molecule has 2 aromatic heterocycles. The van der Waals surface area contributed by atoms with Gasteiger partial charge in [-0.05, 0) is 60.2 Å². The van der Waals surface area contributed by atoms with Crippen LogP contribution in [0, 0.1) is 0 Å². The van der Waals surface area contributed by atoms with Crippen molar-refractivity contribution in [3.63, 3.8) is 0 Å². The van der Waals surface area contributed by atoms with Crippen LogP contribution in [0.2, 0.25) is 0 Å². The van der Waals surface area contributed by atoms with E-state index in [4.69, 9.17) is 0 Å². The first-order valence-corrected chi connectivity index (χ1v) is 9.80. The molecule has 1 aromatic carbocycles. The molecule has 142 valence electrons. The molecular weight excluding hydrogens is 348 g/mol. The van der Waals surface area contributed by atoms with Gasteiger partial charge in [0.15, 0.2) is 5.65 Å². The average Bonchev–Trinajstić information content (AvgIpc) is 3.09. The van der Waals surface area contributed by atoms with Crippen molar-refractivity contribution in [2.45, 2.75) is 37.8 Å². The van der Waals surface area contributed by atoms with Gasteiger partial charge in [0.1, 0.15) is 12.1 Å². The largest absolute Gasteiger partial charge is 0.370 e. The molecule has 3 heterocycles. The van der Waals surface area contributed by atoms with Crippen LogP contribution in [0.3, 0.4) is 0 Å². The number of allylic oxidation sites excluding steroid dienone is 2. The van der Waals surface area contributed by atoms with Crippen LogP contribution in [-0.4, -0.2) is 37.9 Å². The van der Waals surface area contributed by atoms with Crippen molar-refractivity contribution in [3.05, 3.63) is 83.5 Å². The highest BCUT2D eigenvalue weighted by molar-refractivity contribution is 5.76. The maximum absolute atomic E-state index is 10.2. The number of aliphatic hydroxyl groups excluding tert-OH is 1. The Morgan fingerprint density at radius 3 is 2.54 bits per heavy atom. The van der Waals surface area contributed by atoms with Crippen LogP contribution in [0.4, 0.5) is 0 Å². The molecule has 1 aliphatic carbocycles. The van der Waals surface area contributed by atoms with Gasteiger partial charge < -0.3 is 10.0 Å². The third kappa shape index (κ3) is 2.50. The normalized spacial score (nSPS) is 21.2. The summed E-state index contributed by atoms with van der Waals surface area (Å²) in [4.78, 5) is 1.83. The smallest absolute Gasteiger partial charge is 0.160 e. The Bertz CT molecular complexity index is 1090. The SMILES string of the molecule is CC1=CC(c2ccc3nnc(C4(c5ccccc5)CCC4)n3c2)=CN(C)C1O. The zero-order chi connectivity index (χ0) is 19.3. The summed E-state index contributed by atoms with van der Waals surface area (Å²) in [6.07, 6.45) is 9.01. The Morgan fingerprint density at radius 1 is 1.07 bits per heavy atom.